The van der Waals surface area contributed by atoms with Crippen molar-refractivity contribution in [1.82, 2.24) is 0 Å². The molecule has 0 aromatic heterocycles. The van der Waals surface area contributed by atoms with Crippen LogP contribution >= 0.6 is 0 Å². The molecule has 4 heteroatoms. The Kier molecular flexibility index (Phi) is 4.69. The van der Waals surface area contributed by atoms with Crippen molar-refractivity contribution in [2.24, 2.45) is 5.92 Å². The second kappa shape index (κ2) is 6.03. The number of hydrogen-bond donors (Lipinski definition) is 1. The van der Waals surface area contributed by atoms with E-state index in [-0.39, 0.29) is 5.91 Å². The van der Waals surface area contributed by atoms with Gasteiger partial charge in [-0.25, -0.2) is 0 Å². The molecule has 1 atom stereocenters. The van der Waals surface area contributed by atoms with Gasteiger partial charge in [-0.3, -0.25) is 9.59 Å². The first-order valence-corrected chi connectivity index (χ1v) is 5.71. The maximum atomic E-state index is 12.1. The van der Waals surface area contributed by atoms with Crippen LogP contribution in [0.3, 0.4) is 0 Å². The number of aliphatic carboxylic acids is 1. The standard InChI is InChI=1S/C13H17NO3/c1-3-11(13(16)17)12(15)14(4-2)10-8-6-5-7-9-10/h5-9,11H,3-4H2,1-2H3,(H,16,17). The Morgan fingerprint density at radius 2 is 1.82 bits per heavy atom. The summed E-state index contributed by atoms with van der Waals surface area (Å²) in [6.07, 6.45) is 0.303. The first kappa shape index (κ1) is 13.2. The molecule has 0 radical (unpaired) electrons. The molecule has 0 aliphatic carbocycles. The van der Waals surface area contributed by atoms with Crippen molar-refractivity contribution in [3.8, 4) is 0 Å². The first-order valence-electron chi connectivity index (χ1n) is 5.71. The van der Waals surface area contributed by atoms with Crippen LogP contribution in [0.2, 0.25) is 0 Å². The SMILES string of the molecule is CCC(C(=O)O)C(=O)N(CC)c1ccccc1. The van der Waals surface area contributed by atoms with Crippen molar-refractivity contribution in [3.63, 3.8) is 0 Å². The van der Waals surface area contributed by atoms with Gasteiger partial charge in [0, 0.05) is 12.2 Å². The quantitative estimate of drug-likeness (QED) is 0.795. The van der Waals surface area contributed by atoms with Crippen molar-refractivity contribution in [2.75, 3.05) is 11.4 Å². The lowest BCUT2D eigenvalue weighted by atomic mass is 10.0. The molecule has 0 aliphatic heterocycles. The third-order valence-electron chi connectivity index (χ3n) is 2.65. The van der Waals surface area contributed by atoms with Crippen LogP contribution in [0.25, 0.3) is 0 Å². The molecule has 0 saturated heterocycles. The van der Waals surface area contributed by atoms with Gasteiger partial charge < -0.3 is 10.0 Å². The summed E-state index contributed by atoms with van der Waals surface area (Å²) in [6, 6.07) is 9.11. The lowest BCUT2D eigenvalue weighted by Gasteiger charge is -2.23. The summed E-state index contributed by atoms with van der Waals surface area (Å²) in [5.74, 6) is -2.38. The Morgan fingerprint density at radius 3 is 2.24 bits per heavy atom. The molecule has 17 heavy (non-hydrogen) atoms. The highest BCUT2D eigenvalue weighted by molar-refractivity contribution is 6.05. The lowest BCUT2D eigenvalue weighted by molar-refractivity contribution is -0.146. The number of anilines is 1. The number of carbonyl (C=O) groups excluding carboxylic acids is 1. The first-order chi connectivity index (χ1) is 8.11. The van der Waals surface area contributed by atoms with E-state index >= 15 is 0 Å². The van der Waals surface area contributed by atoms with Gasteiger partial charge in [0.1, 0.15) is 5.92 Å². The summed E-state index contributed by atoms with van der Waals surface area (Å²) < 4.78 is 0. The minimum absolute atomic E-state index is 0.303. The maximum Gasteiger partial charge on any atom is 0.316 e. The van der Waals surface area contributed by atoms with E-state index in [1.165, 1.54) is 4.90 Å². The fourth-order valence-electron chi connectivity index (χ4n) is 1.72. The summed E-state index contributed by atoms with van der Waals surface area (Å²) in [6.45, 7) is 4.00. The molecule has 0 spiro atoms. The fraction of sp³-hybridized carbons (Fsp3) is 0.385. The molecule has 92 valence electrons. The van der Waals surface area contributed by atoms with E-state index in [9.17, 15) is 9.59 Å². The zero-order valence-electron chi connectivity index (χ0n) is 10.1. The second-order valence-corrected chi connectivity index (χ2v) is 3.72. The highest BCUT2D eigenvalue weighted by Gasteiger charge is 2.28. The van der Waals surface area contributed by atoms with Crippen molar-refractivity contribution >= 4 is 17.6 Å². The summed E-state index contributed by atoms with van der Waals surface area (Å²) >= 11 is 0. The van der Waals surface area contributed by atoms with Gasteiger partial charge in [0.15, 0.2) is 0 Å². The fourth-order valence-corrected chi connectivity index (χ4v) is 1.72. The van der Waals surface area contributed by atoms with Crippen LogP contribution in [-0.2, 0) is 9.59 Å². The minimum atomic E-state index is -1.06. The molecule has 0 heterocycles. The molecule has 1 rings (SSSR count). The predicted molar refractivity (Wildman–Crippen MR) is 65.9 cm³/mol. The van der Waals surface area contributed by atoms with Crippen LogP contribution in [0.15, 0.2) is 30.3 Å². The second-order valence-electron chi connectivity index (χ2n) is 3.72. The number of nitrogens with zero attached hydrogens (tertiary/aromatic N) is 1. The molecule has 1 N–H and O–H groups in total. The number of carboxylic acid groups (broad SMARTS) is 1. The molecular formula is C13H17NO3. The van der Waals surface area contributed by atoms with Gasteiger partial charge in [0.2, 0.25) is 5.91 Å². The lowest BCUT2D eigenvalue weighted by Crippen LogP contribution is -2.39. The van der Waals surface area contributed by atoms with Gasteiger partial charge in [-0.15, -0.1) is 0 Å². The van der Waals surface area contributed by atoms with E-state index in [4.69, 9.17) is 5.11 Å². The maximum absolute atomic E-state index is 12.1. The molecular weight excluding hydrogens is 218 g/mol. The van der Waals surface area contributed by atoms with Crippen LogP contribution in [0.1, 0.15) is 20.3 Å². The normalized spacial score (nSPS) is 11.9. The Labute approximate surface area is 101 Å². The Bertz CT molecular complexity index is 389. The molecule has 1 aromatic carbocycles. The summed E-state index contributed by atoms with van der Waals surface area (Å²) in [4.78, 5) is 24.6. The highest BCUT2D eigenvalue weighted by Crippen LogP contribution is 2.17. The summed E-state index contributed by atoms with van der Waals surface area (Å²) in [5, 5.41) is 8.99. The third kappa shape index (κ3) is 3.06. The molecule has 0 fully saturated rings. The van der Waals surface area contributed by atoms with Gasteiger partial charge in [-0.2, -0.15) is 0 Å². The summed E-state index contributed by atoms with van der Waals surface area (Å²) in [7, 11) is 0. The van der Waals surface area contributed by atoms with Crippen LogP contribution in [0, 0.1) is 5.92 Å². The number of carbonyl (C=O) groups is 2. The minimum Gasteiger partial charge on any atom is -0.481 e. The van der Waals surface area contributed by atoms with E-state index in [1.807, 2.05) is 25.1 Å². The van der Waals surface area contributed by atoms with Crippen LogP contribution in [0.5, 0.6) is 0 Å². The molecule has 0 saturated carbocycles. The molecule has 1 unspecified atom stereocenters. The topological polar surface area (TPSA) is 57.6 Å². The van der Waals surface area contributed by atoms with Crippen molar-refractivity contribution in [3.05, 3.63) is 30.3 Å². The number of carboxylic acids is 1. The third-order valence-corrected chi connectivity index (χ3v) is 2.65. The Balaban J connectivity index is 2.95. The van der Waals surface area contributed by atoms with Crippen LogP contribution < -0.4 is 4.90 Å². The number of hydrogen-bond acceptors (Lipinski definition) is 2. The van der Waals surface area contributed by atoms with E-state index in [1.54, 1.807) is 19.1 Å². The van der Waals surface area contributed by atoms with Gasteiger partial charge in [0.25, 0.3) is 0 Å². The average molecular weight is 235 g/mol. The van der Waals surface area contributed by atoms with Crippen LogP contribution in [-0.4, -0.2) is 23.5 Å². The number of benzene rings is 1. The zero-order chi connectivity index (χ0) is 12.8. The van der Waals surface area contributed by atoms with Gasteiger partial charge in [0.05, 0.1) is 0 Å². The molecule has 0 bridgehead atoms. The summed E-state index contributed by atoms with van der Waals surface area (Å²) in [5.41, 5.74) is 0.736. The van der Waals surface area contributed by atoms with Crippen molar-refractivity contribution in [2.45, 2.75) is 20.3 Å². The average Bonchev–Trinajstić information content (AvgIpc) is 2.31. The largest absolute Gasteiger partial charge is 0.481 e. The van der Waals surface area contributed by atoms with Crippen molar-refractivity contribution in [1.29, 1.82) is 0 Å². The molecule has 1 amide bonds. The molecule has 0 aliphatic rings. The number of para-hydroxylation sites is 1. The van der Waals surface area contributed by atoms with Crippen LogP contribution in [0.4, 0.5) is 5.69 Å². The number of amides is 1. The Hall–Kier alpha value is -1.84. The number of rotatable bonds is 5. The zero-order valence-corrected chi connectivity index (χ0v) is 10.1. The molecule has 1 aromatic rings. The predicted octanol–water partition coefficient (Wildman–Crippen LogP) is 2.15. The van der Waals surface area contributed by atoms with E-state index in [0.717, 1.165) is 5.69 Å². The van der Waals surface area contributed by atoms with Gasteiger partial charge in [-0.05, 0) is 25.5 Å². The Morgan fingerprint density at radius 1 is 1.24 bits per heavy atom. The van der Waals surface area contributed by atoms with E-state index < -0.39 is 11.9 Å². The van der Waals surface area contributed by atoms with Gasteiger partial charge >= 0.3 is 5.97 Å². The van der Waals surface area contributed by atoms with Crippen molar-refractivity contribution < 1.29 is 14.7 Å². The highest BCUT2D eigenvalue weighted by atomic mass is 16.4. The van der Waals surface area contributed by atoms with E-state index in [0.29, 0.717) is 13.0 Å². The van der Waals surface area contributed by atoms with Gasteiger partial charge in [-0.1, -0.05) is 25.1 Å². The monoisotopic (exact) mass is 235 g/mol. The van der Waals surface area contributed by atoms with E-state index in [2.05, 4.69) is 0 Å². The molecule has 4 nitrogen and oxygen atoms in total. The smallest absolute Gasteiger partial charge is 0.316 e.